The molecule has 2 N–H and O–H groups in total. The summed E-state index contributed by atoms with van der Waals surface area (Å²) in [6, 6.07) is 13.8. The van der Waals surface area contributed by atoms with Gasteiger partial charge in [0.05, 0.1) is 12.7 Å². The number of rotatable bonds is 7. The number of hydrogen-bond donors (Lipinski definition) is 2. The lowest BCUT2D eigenvalue weighted by molar-refractivity contribution is 0.0600. The van der Waals surface area contributed by atoms with Crippen LogP contribution in [0.4, 0.5) is 4.79 Å². The Morgan fingerprint density at radius 2 is 1.50 bits per heavy atom. The summed E-state index contributed by atoms with van der Waals surface area (Å²) in [5.41, 5.74) is 3.04. The maximum absolute atomic E-state index is 12.0. The molecule has 0 saturated carbocycles. The summed E-state index contributed by atoms with van der Waals surface area (Å²) in [6.07, 6.45) is 0.240. The Kier molecular flexibility index (Phi) is 6.91. The van der Waals surface area contributed by atoms with E-state index in [4.69, 9.17) is 0 Å². The number of Topliss-reactive ketones (excluding diaryl/α,β-unsaturated/α-hetero) is 1. The Morgan fingerprint density at radius 1 is 0.885 bits per heavy atom. The number of esters is 1. The van der Waals surface area contributed by atoms with Crippen molar-refractivity contribution in [3.8, 4) is 0 Å². The SMILES string of the molecule is COC(=O)c1ccc(CNC(=O)NCCC(=O)c2ccc(C)cc2)cc1. The van der Waals surface area contributed by atoms with Crippen LogP contribution in [-0.2, 0) is 11.3 Å². The third kappa shape index (κ3) is 5.73. The van der Waals surface area contributed by atoms with E-state index in [1.54, 1.807) is 36.4 Å². The minimum atomic E-state index is -0.402. The highest BCUT2D eigenvalue weighted by Crippen LogP contribution is 2.06. The molecule has 6 heteroatoms. The Bertz CT molecular complexity index is 767. The van der Waals surface area contributed by atoms with Crippen LogP contribution >= 0.6 is 0 Å². The molecule has 0 bridgehead atoms. The predicted octanol–water partition coefficient (Wildman–Crippen LogP) is 2.85. The van der Waals surface area contributed by atoms with Gasteiger partial charge in [0.2, 0.25) is 0 Å². The van der Waals surface area contributed by atoms with Crippen LogP contribution in [0.15, 0.2) is 48.5 Å². The van der Waals surface area contributed by atoms with Crippen LogP contribution in [-0.4, -0.2) is 31.4 Å². The van der Waals surface area contributed by atoms with Gasteiger partial charge >= 0.3 is 12.0 Å². The van der Waals surface area contributed by atoms with E-state index in [1.807, 2.05) is 19.1 Å². The number of carbonyl (C=O) groups excluding carboxylic acids is 3. The smallest absolute Gasteiger partial charge is 0.337 e. The van der Waals surface area contributed by atoms with E-state index in [-0.39, 0.29) is 24.8 Å². The van der Waals surface area contributed by atoms with Crippen molar-refractivity contribution >= 4 is 17.8 Å². The molecular formula is C20H22N2O4. The van der Waals surface area contributed by atoms with Crippen molar-refractivity contribution in [3.63, 3.8) is 0 Å². The molecule has 0 fully saturated rings. The van der Waals surface area contributed by atoms with E-state index in [9.17, 15) is 14.4 Å². The fraction of sp³-hybridized carbons (Fsp3) is 0.250. The first kappa shape index (κ1) is 19.2. The maximum Gasteiger partial charge on any atom is 0.337 e. The van der Waals surface area contributed by atoms with Gasteiger partial charge in [0.15, 0.2) is 5.78 Å². The Balaban J connectivity index is 1.71. The lowest BCUT2D eigenvalue weighted by Gasteiger charge is -2.08. The summed E-state index contributed by atoms with van der Waals surface area (Å²) >= 11 is 0. The summed E-state index contributed by atoms with van der Waals surface area (Å²) in [5, 5.41) is 5.36. The number of urea groups is 1. The summed E-state index contributed by atoms with van der Waals surface area (Å²) in [7, 11) is 1.33. The van der Waals surface area contributed by atoms with E-state index in [2.05, 4.69) is 15.4 Å². The molecule has 0 aliphatic heterocycles. The Morgan fingerprint density at radius 3 is 2.12 bits per heavy atom. The van der Waals surface area contributed by atoms with Gasteiger partial charge in [0, 0.05) is 25.1 Å². The van der Waals surface area contributed by atoms with Gasteiger partial charge in [-0.2, -0.15) is 0 Å². The van der Waals surface area contributed by atoms with Crippen LogP contribution in [0.1, 0.15) is 38.3 Å². The Labute approximate surface area is 152 Å². The monoisotopic (exact) mass is 354 g/mol. The second-order valence-electron chi connectivity index (χ2n) is 5.84. The molecule has 2 aromatic carbocycles. The van der Waals surface area contributed by atoms with Gasteiger partial charge in [-0.15, -0.1) is 0 Å². The second-order valence-corrected chi connectivity index (χ2v) is 5.84. The molecule has 2 amide bonds. The number of methoxy groups -OCH3 is 1. The van der Waals surface area contributed by atoms with Crippen LogP contribution in [0, 0.1) is 6.92 Å². The van der Waals surface area contributed by atoms with Crippen LogP contribution < -0.4 is 10.6 Å². The van der Waals surface area contributed by atoms with Gasteiger partial charge in [0.25, 0.3) is 0 Å². The molecule has 0 aliphatic carbocycles. The molecule has 0 aliphatic rings. The third-order valence-corrected chi connectivity index (χ3v) is 3.84. The fourth-order valence-electron chi connectivity index (χ4n) is 2.29. The van der Waals surface area contributed by atoms with Crippen molar-refractivity contribution in [1.29, 1.82) is 0 Å². The van der Waals surface area contributed by atoms with Crippen molar-refractivity contribution < 1.29 is 19.1 Å². The summed E-state index contributed by atoms with van der Waals surface area (Å²) < 4.78 is 4.63. The number of ether oxygens (including phenoxy) is 1. The van der Waals surface area contributed by atoms with Gasteiger partial charge in [-0.3, -0.25) is 4.79 Å². The fourth-order valence-corrected chi connectivity index (χ4v) is 2.29. The second kappa shape index (κ2) is 9.36. The summed E-state index contributed by atoms with van der Waals surface area (Å²) in [4.78, 5) is 35.2. The normalized spacial score (nSPS) is 10.1. The number of hydrogen-bond acceptors (Lipinski definition) is 4. The van der Waals surface area contributed by atoms with Crippen LogP contribution in [0.2, 0.25) is 0 Å². The topological polar surface area (TPSA) is 84.5 Å². The maximum atomic E-state index is 12.0. The van der Waals surface area contributed by atoms with Gasteiger partial charge in [0.1, 0.15) is 0 Å². The number of nitrogens with one attached hydrogen (secondary N) is 2. The van der Waals surface area contributed by atoms with Crippen LogP contribution in [0.25, 0.3) is 0 Å². The van der Waals surface area contributed by atoms with E-state index < -0.39 is 5.97 Å². The molecule has 6 nitrogen and oxygen atoms in total. The first-order valence-electron chi connectivity index (χ1n) is 8.28. The summed E-state index contributed by atoms with van der Waals surface area (Å²) in [5.74, 6) is -0.413. The van der Waals surface area contributed by atoms with Gasteiger partial charge in [-0.05, 0) is 24.6 Å². The number of amides is 2. The average Bonchev–Trinajstić information content (AvgIpc) is 2.66. The minimum Gasteiger partial charge on any atom is -0.465 e. The quantitative estimate of drug-likeness (QED) is 0.591. The molecule has 136 valence electrons. The standard InChI is InChI=1S/C20H22N2O4/c1-14-3-7-16(8-4-14)18(23)11-12-21-20(25)22-13-15-5-9-17(10-6-15)19(24)26-2/h3-10H,11-13H2,1-2H3,(H2,21,22,25). The predicted molar refractivity (Wildman–Crippen MR) is 98.1 cm³/mol. The third-order valence-electron chi connectivity index (χ3n) is 3.84. The number of carbonyl (C=O) groups is 3. The van der Waals surface area contributed by atoms with E-state index >= 15 is 0 Å². The van der Waals surface area contributed by atoms with Gasteiger partial charge < -0.3 is 15.4 Å². The van der Waals surface area contributed by atoms with Crippen molar-refractivity contribution in [2.45, 2.75) is 19.9 Å². The van der Waals surface area contributed by atoms with Crippen molar-refractivity contribution in [3.05, 3.63) is 70.8 Å². The molecular weight excluding hydrogens is 332 g/mol. The highest BCUT2D eigenvalue weighted by molar-refractivity contribution is 5.96. The largest absolute Gasteiger partial charge is 0.465 e. The number of benzene rings is 2. The summed E-state index contributed by atoms with van der Waals surface area (Å²) in [6.45, 7) is 2.54. The molecule has 26 heavy (non-hydrogen) atoms. The highest BCUT2D eigenvalue weighted by Gasteiger charge is 2.07. The highest BCUT2D eigenvalue weighted by atomic mass is 16.5. The molecule has 0 aromatic heterocycles. The zero-order chi connectivity index (χ0) is 18.9. The molecule has 0 radical (unpaired) electrons. The van der Waals surface area contributed by atoms with Crippen molar-refractivity contribution in [2.75, 3.05) is 13.7 Å². The Hall–Kier alpha value is -3.15. The lowest BCUT2D eigenvalue weighted by Crippen LogP contribution is -2.36. The average molecular weight is 354 g/mol. The van der Waals surface area contributed by atoms with Crippen LogP contribution in [0.3, 0.4) is 0 Å². The molecule has 2 rings (SSSR count). The minimum absolute atomic E-state index is 0.0105. The molecule has 0 atom stereocenters. The molecule has 0 saturated heterocycles. The van der Waals surface area contributed by atoms with Crippen LogP contribution in [0.5, 0.6) is 0 Å². The molecule has 0 spiro atoms. The van der Waals surface area contributed by atoms with Gasteiger partial charge in [-0.25, -0.2) is 9.59 Å². The molecule has 0 heterocycles. The zero-order valence-corrected chi connectivity index (χ0v) is 14.9. The van der Waals surface area contributed by atoms with E-state index in [0.29, 0.717) is 17.7 Å². The van der Waals surface area contributed by atoms with Crippen molar-refractivity contribution in [1.82, 2.24) is 10.6 Å². The molecule has 2 aromatic rings. The van der Waals surface area contributed by atoms with Crippen molar-refractivity contribution in [2.24, 2.45) is 0 Å². The van der Waals surface area contributed by atoms with E-state index in [1.165, 1.54) is 7.11 Å². The lowest BCUT2D eigenvalue weighted by atomic mass is 10.1. The number of ketones is 1. The van der Waals surface area contributed by atoms with E-state index in [0.717, 1.165) is 11.1 Å². The first-order valence-corrected chi connectivity index (χ1v) is 8.28. The first-order chi connectivity index (χ1) is 12.5. The molecule has 0 unspecified atom stereocenters. The zero-order valence-electron chi connectivity index (χ0n) is 14.9. The number of aryl methyl sites for hydroxylation is 1. The van der Waals surface area contributed by atoms with Gasteiger partial charge in [-0.1, -0.05) is 42.0 Å².